The maximum atomic E-state index is 12.1. The van der Waals surface area contributed by atoms with Gasteiger partial charge in [-0.15, -0.1) is 10.2 Å². The molecule has 0 spiro atoms. The van der Waals surface area contributed by atoms with Crippen LogP contribution in [0.1, 0.15) is 15.9 Å². The standard InChI is InChI=1S/C17H13BrN2O2S/c1-11-6-8-12(9-7-11)15(21)10-23-17-20-19-16(22-17)13-4-2-3-5-14(13)18/h2-9H,10H2,1H3. The Hall–Kier alpha value is -1.92. The third-order valence-corrected chi connectivity index (χ3v) is 4.72. The van der Waals surface area contributed by atoms with Gasteiger partial charge in [0.05, 0.1) is 11.3 Å². The van der Waals surface area contributed by atoms with Crippen LogP contribution in [-0.2, 0) is 0 Å². The van der Waals surface area contributed by atoms with E-state index < -0.39 is 0 Å². The second-order valence-corrected chi connectivity index (χ2v) is 6.71. The van der Waals surface area contributed by atoms with Crippen LogP contribution in [-0.4, -0.2) is 21.7 Å². The van der Waals surface area contributed by atoms with Crippen molar-refractivity contribution in [3.8, 4) is 11.5 Å². The Balaban J connectivity index is 1.67. The third-order valence-electron chi connectivity index (χ3n) is 3.21. The number of aromatic nitrogens is 2. The molecular weight excluding hydrogens is 376 g/mol. The Kier molecular flexibility index (Phi) is 4.93. The molecule has 0 radical (unpaired) electrons. The van der Waals surface area contributed by atoms with Gasteiger partial charge in [-0.1, -0.05) is 53.7 Å². The zero-order valence-electron chi connectivity index (χ0n) is 12.3. The van der Waals surface area contributed by atoms with E-state index in [1.54, 1.807) is 0 Å². The summed E-state index contributed by atoms with van der Waals surface area (Å²) in [6, 6.07) is 15.1. The number of rotatable bonds is 5. The molecule has 0 saturated heterocycles. The lowest BCUT2D eigenvalue weighted by molar-refractivity contribution is 0.102. The summed E-state index contributed by atoms with van der Waals surface area (Å²) in [6.07, 6.45) is 0. The zero-order chi connectivity index (χ0) is 16.2. The first-order chi connectivity index (χ1) is 11.1. The number of carbonyl (C=O) groups excluding carboxylic acids is 1. The number of ketones is 1. The molecular formula is C17H13BrN2O2S. The van der Waals surface area contributed by atoms with Crippen molar-refractivity contribution < 1.29 is 9.21 Å². The van der Waals surface area contributed by atoms with Gasteiger partial charge in [0.15, 0.2) is 5.78 Å². The summed E-state index contributed by atoms with van der Waals surface area (Å²) in [4.78, 5) is 12.1. The quantitative estimate of drug-likeness (QED) is 0.464. The lowest BCUT2D eigenvalue weighted by Crippen LogP contribution is -2.02. The van der Waals surface area contributed by atoms with Crippen LogP contribution in [0.2, 0.25) is 0 Å². The van der Waals surface area contributed by atoms with Crippen LogP contribution in [0.3, 0.4) is 0 Å². The predicted molar refractivity (Wildman–Crippen MR) is 93.7 cm³/mol. The second-order valence-electron chi connectivity index (χ2n) is 4.93. The first-order valence-corrected chi connectivity index (χ1v) is 8.72. The van der Waals surface area contributed by atoms with Gasteiger partial charge < -0.3 is 4.42 Å². The maximum Gasteiger partial charge on any atom is 0.277 e. The van der Waals surface area contributed by atoms with Gasteiger partial charge in [-0.05, 0) is 35.0 Å². The van der Waals surface area contributed by atoms with Gasteiger partial charge in [-0.2, -0.15) is 0 Å². The molecule has 1 aromatic heterocycles. The summed E-state index contributed by atoms with van der Waals surface area (Å²) in [7, 11) is 0. The van der Waals surface area contributed by atoms with Gasteiger partial charge in [0, 0.05) is 10.0 Å². The van der Waals surface area contributed by atoms with Crippen molar-refractivity contribution >= 4 is 33.5 Å². The summed E-state index contributed by atoms with van der Waals surface area (Å²) in [5.74, 6) is 0.735. The SMILES string of the molecule is Cc1ccc(C(=O)CSc2nnc(-c3ccccc3Br)o2)cc1. The highest BCUT2D eigenvalue weighted by Gasteiger charge is 2.13. The molecule has 2 aromatic carbocycles. The average Bonchev–Trinajstić information content (AvgIpc) is 3.02. The van der Waals surface area contributed by atoms with Crippen LogP contribution < -0.4 is 0 Å². The number of Topliss-reactive ketones (excluding diaryl/α,β-unsaturated/α-hetero) is 1. The minimum absolute atomic E-state index is 0.0376. The van der Waals surface area contributed by atoms with Crippen molar-refractivity contribution in [1.29, 1.82) is 0 Å². The topological polar surface area (TPSA) is 56.0 Å². The maximum absolute atomic E-state index is 12.1. The number of hydrogen-bond donors (Lipinski definition) is 0. The van der Waals surface area contributed by atoms with E-state index in [0.717, 1.165) is 15.6 Å². The minimum Gasteiger partial charge on any atom is -0.411 e. The van der Waals surface area contributed by atoms with Crippen molar-refractivity contribution in [2.24, 2.45) is 0 Å². The van der Waals surface area contributed by atoms with Crippen LogP contribution in [0, 0.1) is 6.92 Å². The van der Waals surface area contributed by atoms with E-state index in [1.807, 2.05) is 55.5 Å². The van der Waals surface area contributed by atoms with Crippen molar-refractivity contribution in [2.75, 3.05) is 5.75 Å². The molecule has 0 aliphatic heterocycles. The summed E-state index contributed by atoms with van der Waals surface area (Å²) in [6.45, 7) is 1.99. The van der Waals surface area contributed by atoms with Gasteiger partial charge in [0.25, 0.3) is 5.22 Å². The first kappa shape index (κ1) is 16.0. The molecule has 3 rings (SSSR count). The van der Waals surface area contributed by atoms with Crippen molar-refractivity contribution in [3.63, 3.8) is 0 Å². The lowest BCUT2D eigenvalue weighted by Gasteiger charge is -2.00. The monoisotopic (exact) mass is 388 g/mol. The van der Waals surface area contributed by atoms with Gasteiger partial charge in [-0.3, -0.25) is 4.79 Å². The number of halogens is 1. The first-order valence-electron chi connectivity index (χ1n) is 6.94. The number of carbonyl (C=O) groups is 1. The third kappa shape index (κ3) is 3.89. The second kappa shape index (κ2) is 7.10. The fourth-order valence-corrected chi connectivity index (χ4v) is 3.07. The van der Waals surface area contributed by atoms with Crippen LogP contribution in [0.5, 0.6) is 0 Å². The van der Waals surface area contributed by atoms with Crippen LogP contribution in [0.25, 0.3) is 11.5 Å². The normalized spacial score (nSPS) is 10.7. The van der Waals surface area contributed by atoms with E-state index in [9.17, 15) is 4.79 Å². The number of thioether (sulfide) groups is 1. The number of benzene rings is 2. The Morgan fingerprint density at radius 2 is 1.87 bits per heavy atom. The van der Waals surface area contributed by atoms with Gasteiger partial charge in [0.1, 0.15) is 0 Å². The molecule has 0 aliphatic rings. The van der Waals surface area contributed by atoms with Crippen molar-refractivity contribution in [3.05, 3.63) is 64.1 Å². The molecule has 0 amide bonds. The Morgan fingerprint density at radius 3 is 2.61 bits per heavy atom. The molecule has 3 aromatic rings. The van der Waals surface area contributed by atoms with E-state index in [-0.39, 0.29) is 11.5 Å². The lowest BCUT2D eigenvalue weighted by atomic mass is 10.1. The zero-order valence-corrected chi connectivity index (χ0v) is 14.7. The Labute approximate surface area is 146 Å². The molecule has 1 heterocycles. The highest BCUT2D eigenvalue weighted by molar-refractivity contribution is 9.10. The Morgan fingerprint density at radius 1 is 1.13 bits per heavy atom. The molecule has 0 bridgehead atoms. The van der Waals surface area contributed by atoms with E-state index in [0.29, 0.717) is 16.7 Å². The van der Waals surface area contributed by atoms with Crippen molar-refractivity contribution in [1.82, 2.24) is 10.2 Å². The van der Waals surface area contributed by atoms with Crippen LogP contribution in [0.4, 0.5) is 0 Å². The average molecular weight is 389 g/mol. The fourth-order valence-electron chi connectivity index (χ4n) is 1.96. The van der Waals surface area contributed by atoms with Crippen molar-refractivity contribution in [2.45, 2.75) is 12.1 Å². The molecule has 6 heteroatoms. The van der Waals surface area contributed by atoms with Gasteiger partial charge in [-0.25, -0.2) is 0 Å². The summed E-state index contributed by atoms with van der Waals surface area (Å²) in [5.41, 5.74) is 2.65. The number of hydrogen-bond acceptors (Lipinski definition) is 5. The van der Waals surface area contributed by atoms with E-state index in [4.69, 9.17) is 4.42 Å². The van der Waals surface area contributed by atoms with Crippen LogP contribution in [0.15, 0.2) is 62.6 Å². The number of nitrogens with zero attached hydrogens (tertiary/aromatic N) is 2. The van der Waals surface area contributed by atoms with Crippen LogP contribution >= 0.6 is 27.7 Å². The summed E-state index contributed by atoms with van der Waals surface area (Å²) < 4.78 is 6.50. The highest BCUT2D eigenvalue weighted by atomic mass is 79.9. The number of aryl methyl sites for hydroxylation is 1. The largest absolute Gasteiger partial charge is 0.411 e. The highest BCUT2D eigenvalue weighted by Crippen LogP contribution is 2.29. The fraction of sp³-hybridized carbons (Fsp3) is 0.118. The molecule has 0 atom stereocenters. The molecule has 23 heavy (non-hydrogen) atoms. The molecule has 4 nitrogen and oxygen atoms in total. The van der Waals surface area contributed by atoms with E-state index >= 15 is 0 Å². The molecule has 0 unspecified atom stereocenters. The molecule has 0 fully saturated rings. The molecule has 0 N–H and O–H groups in total. The smallest absolute Gasteiger partial charge is 0.277 e. The molecule has 116 valence electrons. The minimum atomic E-state index is 0.0376. The van der Waals surface area contributed by atoms with Gasteiger partial charge in [0.2, 0.25) is 5.89 Å². The van der Waals surface area contributed by atoms with E-state index in [2.05, 4.69) is 26.1 Å². The van der Waals surface area contributed by atoms with E-state index in [1.165, 1.54) is 11.8 Å². The summed E-state index contributed by atoms with van der Waals surface area (Å²) >= 11 is 4.70. The molecule has 0 aliphatic carbocycles. The summed E-state index contributed by atoms with van der Waals surface area (Å²) in [5, 5.41) is 8.40. The predicted octanol–water partition coefficient (Wildman–Crippen LogP) is 4.78. The Bertz CT molecular complexity index is 831. The molecule has 0 saturated carbocycles. The van der Waals surface area contributed by atoms with Gasteiger partial charge >= 0.3 is 0 Å².